The number of hydrogen-bond donors (Lipinski definition) is 1. The molecule has 2 rings (SSSR count). The highest BCUT2D eigenvalue weighted by Gasteiger charge is 2.29. The Labute approximate surface area is 120 Å². The lowest BCUT2D eigenvalue weighted by Crippen LogP contribution is -2.41. The van der Waals surface area contributed by atoms with Crippen molar-refractivity contribution in [3.8, 4) is 0 Å². The standard InChI is InChI=1S/C16H23FN2O/c1-12(14-7-3-4-8-15(14)17)10-16(20)19-9-5-6-13(19)11-18-2/h3-4,7-8,12-13,18H,5-6,9-11H2,1-2H3. The third kappa shape index (κ3) is 3.37. The first-order valence-corrected chi connectivity index (χ1v) is 7.32. The molecule has 110 valence electrons. The second-order valence-electron chi connectivity index (χ2n) is 5.57. The smallest absolute Gasteiger partial charge is 0.223 e. The van der Waals surface area contributed by atoms with Crippen molar-refractivity contribution in [2.75, 3.05) is 20.1 Å². The first kappa shape index (κ1) is 15.0. The molecule has 1 aromatic rings. The van der Waals surface area contributed by atoms with Crippen LogP contribution in [0.3, 0.4) is 0 Å². The van der Waals surface area contributed by atoms with Crippen molar-refractivity contribution in [2.45, 2.75) is 38.1 Å². The van der Waals surface area contributed by atoms with Gasteiger partial charge >= 0.3 is 0 Å². The number of amides is 1. The largest absolute Gasteiger partial charge is 0.338 e. The first-order valence-electron chi connectivity index (χ1n) is 7.32. The van der Waals surface area contributed by atoms with Crippen LogP contribution in [0.25, 0.3) is 0 Å². The summed E-state index contributed by atoms with van der Waals surface area (Å²) in [5, 5.41) is 3.13. The van der Waals surface area contributed by atoms with Crippen LogP contribution in [-0.2, 0) is 4.79 Å². The molecule has 1 aliphatic rings. The van der Waals surface area contributed by atoms with Gasteiger partial charge in [0.1, 0.15) is 5.82 Å². The Bertz CT molecular complexity index is 464. The maximum Gasteiger partial charge on any atom is 0.223 e. The zero-order valence-corrected chi connectivity index (χ0v) is 12.2. The van der Waals surface area contributed by atoms with Crippen molar-refractivity contribution < 1.29 is 9.18 Å². The van der Waals surface area contributed by atoms with Gasteiger partial charge in [0.05, 0.1) is 0 Å². The van der Waals surface area contributed by atoms with E-state index in [1.807, 2.05) is 24.9 Å². The number of nitrogens with zero attached hydrogens (tertiary/aromatic N) is 1. The van der Waals surface area contributed by atoms with Crippen molar-refractivity contribution >= 4 is 5.91 Å². The van der Waals surface area contributed by atoms with E-state index in [1.165, 1.54) is 6.07 Å². The van der Waals surface area contributed by atoms with E-state index >= 15 is 0 Å². The lowest BCUT2D eigenvalue weighted by molar-refractivity contribution is -0.132. The molecule has 4 heteroatoms. The summed E-state index contributed by atoms with van der Waals surface area (Å²) in [6.07, 6.45) is 2.49. The minimum atomic E-state index is -0.221. The summed E-state index contributed by atoms with van der Waals surface area (Å²) >= 11 is 0. The summed E-state index contributed by atoms with van der Waals surface area (Å²) in [6.45, 7) is 3.58. The van der Waals surface area contributed by atoms with Gasteiger partial charge in [-0.2, -0.15) is 0 Å². The molecule has 1 N–H and O–H groups in total. The number of rotatable bonds is 5. The number of halogens is 1. The Balaban J connectivity index is 1.99. The molecule has 1 fully saturated rings. The third-order valence-electron chi connectivity index (χ3n) is 4.05. The van der Waals surface area contributed by atoms with Crippen LogP contribution in [0, 0.1) is 5.82 Å². The summed E-state index contributed by atoms with van der Waals surface area (Å²) in [5.41, 5.74) is 0.630. The molecule has 0 aromatic heterocycles. The number of likely N-dealkylation sites (N-methyl/N-ethyl adjacent to an activating group) is 1. The Morgan fingerprint density at radius 1 is 1.50 bits per heavy atom. The summed E-state index contributed by atoms with van der Waals surface area (Å²) < 4.78 is 13.7. The van der Waals surface area contributed by atoms with Crippen molar-refractivity contribution in [3.05, 3.63) is 35.6 Å². The van der Waals surface area contributed by atoms with Crippen LogP contribution in [0.1, 0.15) is 37.7 Å². The second kappa shape index (κ2) is 6.84. The van der Waals surface area contributed by atoms with Crippen LogP contribution in [0.5, 0.6) is 0 Å². The van der Waals surface area contributed by atoms with Crippen molar-refractivity contribution in [3.63, 3.8) is 0 Å². The van der Waals surface area contributed by atoms with Gasteiger partial charge in [0.15, 0.2) is 0 Å². The van der Waals surface area contributed by atoms with Gasteiger partial charge in [-0.15, -0.1) is 0 Å². The fourth-order valence-corrected chi connectivity index (χ4v) is 2.98. The van der Waals surface area contributed by atoms with Gasteiger partial charge in [0.25, 0.3) is 0 Å². The highest BCUT2D eigenvalue weighted by molar-refractivity contribution is 5.77. The van der Waals surface area contributed by atoms with Crippen molar-refractivity contribution in [2.24, 2.45) is 0 Å². The topological polar surface area (TPSA) is 32.3 Å². The average Bonchev–Trinajstić information content (AvgIpc) is 2.88. The normalized spacial score (nSPS) is 20.1. The number of carbonyl (C=O) groups excluding carboxylic acids is 1. The molecule has 0 radical (unpaired) electrons. The summed E-state index contributed by atoms with van der Waals surface area (Å²) in [7, 11) is 1.91. The maximum atomic E-state index is 13.7. The molecule has 2 unspecified atom stereocenters. The maximum absolute atomic E-state index is 13.7. The van der Waals surface area contributed by atoms with Crippen LogP contribution >= 0.6 is 0 Å². The van der Waals surface area contributed by atoms with Gasteiger partial charge in [0.2, 0.25) is 5.91 Å². The Morgan fingerprint density at radius 2 is 2.25 bits per heavy atom. The third-order valence-corrected chi connectivity index (χ3v) is 4.05. The van der Waals surface area contributed by atoms with E-state index in [9.17, 15) is 9.18 Å². The molecule has 2 atom stereocenters. The molecule has 1 aromatic carbocycles. The highest BCUT2D eigenvalue weighted by Crippen LogP contribution is 2.25. The van der Waals surface area contributed by atoms with Crippen molar-refractivity contribution in [1.82, 2.24) is 10.2 Å². The molecule has 0 aliphatic carbocycles. The van der Waals surface area contributed by atoms with Gasteiger partial charge in [-0.25, -0.2) is 4.39 Å². The van der Waals surface area contributed by atoms with Crippen LogP contribution < -0.4 is 5.32 Å². The van der Waals surface area contributed by atoms with Gasteiger partial charge in [-0.1, -0.05) is 25.1 Å². The molecule has 0 bridgehead atoms. The molecule has 1 saturated heterocycles. The predicted molar refractivity (Wildman–Crippen MR) is 78.1 cm³/mol. The SMILES string of the molecule is CNCC1CCCN1C(=O)CC(C)c1ccccc1F. The van der Waals surface area contributed by atoms with Gasteiger partial charge in [-0.05, 0) is 37.4 Å². The van der Waals surface area contributed by atoms with E-state index in [-0.39, 0.29) is 17.6 Å². The minimum absolute atomic E-state index is 0.0838. The lowest BCUT2D eigenvalue weighted by Gasteiger charge is -2.26. The van der Waals surface area contributed by atoms with Crippen molar-refractivity contribution in [1.29, 1.82) is 0 Å². The fraction of sp³-hybridized carbons (Fsp3) is 0.562. The molecule has 0 saturated carbocycles. The van der Waals surface area contributed by atoms with E-state index in [0.717, 1.165) is 25.9 Å². The molecular formula is C16H23FN2O. The molecule has 3 nitrogen and oxygen atoms in total. The Kier molecular flexibility index (Phi) is 5.12. The number of nitrogens with one attached hydrogen (secondary N) is 1. The Hall–Kier alpha value is -1.42. The summed E-state index contributed by atoms with van der Waals surface area (Å²) in [4.78, 5) is 14.4. The molecule has 1 aliphatic heterocycles. The predicted octanol–water partition coefficient (Wildman–Crippen LogP) is 2.53. The number of likely N-dealkylation sites (tertiary alicyclic amines) is 1. The molecule has 1 heterocycles. The van der Waals surface area contributed by atoms with E-state index in [2.05, 4.69) is 5.32 Å². The summed E-state index contributed by atoms with van der Waals surface area (Å²) in [5.74, 6) is -0.168. The zero-order valence-electron chi connectivity index (χ0n) is 12.2. The zero-order chi connectivity index (χ0) is 14.5. The van der Waals surface area contributed by atoms with Crippen LogP contribution in [0.15, 0.2) is 24.3 Å². The van der Waals surface area contributed by atoms with Crippen LogP contribution in [0.2, 0.25) is 0 Å². The summed E-state index contributed by atoms with van der Waals surface area (Å²) in [6, 6.07) is 7.01. The monoisotopic (exact) mass is 278 g/mol. The number of hydrogen-bond acceptors (Lipinski definition) is 2. The fourth-order valence-electron chi connectivity index (χ4n) is 2.98. The first-order chi connectivity index (χ1) is 9.63. The molecule has 0 spiro atoms. The minimum Gasteiger partial charge on any atom is -0.338 e. The van der Waals surface area contributed by atoms with E-state index in [4.69, 9.17) is 0 Å². The van der Waals surface area contributed by atoms with Gasteiger partial charge in [-0.3, -0.25) is 4.79 Å². The molecule has 20 heavy (non-hydrogen) atoms. The molecular weight excluding hydrogens is 255 g/mol. The Morgan fingerprint density at radius 3 is 2.95 bits per heavy atom. The highest BCUT2D eigenvalue weighted by atomic mass is 19.1. The van der Waals surface area contributed by atoms with Gasteiger partial charge in [0, 0.05) is 25.6 Å². The second-order valence-corrected chi connectivity index (χ2v) is 5.57. The van der Waals surface area contributed by atoms with E-state index < -0.39 is 0 Å². The van der Waals surface area contributed by atoms with Crippen LogP contribution in [-0.4, -0.2) is 37.0 Å². The van der Waals surface area contributed by atoms with E-state index in [1.54, 1.807) is 12.1 Å². The van der Waals surface area contributed by atoms with Crippen LogP contribution in [0.4, 0.5) is 4.39 Å². The number of benzene rings is 1. The van der Waals surface area contributed by atoms with E-state index in [0.29, 0.717) is 18.0 Å². The lowest BCUT2D eigenvalue weighted by atomic mass is 9.96. The van der Waals surface area contributed by atoms with Gasteiger partial charge < -0.3 is 10.2 Å². The number of carbonyl (C=O) groups is 1. The molecule has 1 amide bonds. The quantitative estimate of drug-likeness (QED) is 0.897. The average molecular weight is 278 g/mol.